The summed E-state index contributed by atoms with van der Waals surface area (Å²) in [5.74, 6) is 2.07. The van der Waals surface area contributed by atoms with E-state index in [-0.39, 0.29) is 6.61 Å². The van der Waals surface area contributed by atoms with Gasteiger partial charge in [-0.25, -0.2) is 15.0 Å². The Kier molecular flexibility index (Phi) is 15.9. The van der Waals surface area contributed by atoms with Gasteiger partial charge in [0.2, 0.25) is 0 Å². The molecule has 0 saturated carbocycles. The van der Waals surface area contributed by atoms with Crippen molar-refractivity contribution in [2.45, 2.75) is 32.8 Å². The average molecular weight is 807 g/mol. The summed E-state index contributed by atoms with van der Waals surface area (Å²) in [6.45, 7) is 11.7. The first-order valence-electron chi connectivity index (χ1n) is 20.2. The molecule has 1 atom stereocenters. The predicted molar refractivity (Wildman–Crippen MR) is 228 cm³/mol. The maximum atomic E-state index is 8.88. The van der Waals surface area contributed by atoms with E-state index in [1.807, 2.05) is 21.0 Å². The minimum Gasteiger partial charge on any atom is -0.489 e. The Hall–Kier alpha value is -4.79. The van der Waals surface area contributed by atoms with E-state index in [4.69, 9.17) is 43.2 Å². The van der Waals surface area contributed by atoms with Crippen LogP contribution >= 0.6 is 0 Å². The van der Waals surface area contributed by atoms with Crippen molar-refractivity contribution in [2.75, 3.05) is 105 Å². The van der Waals surface area contributed by atoms with Crippen molar-refractivity contribution >= 4 is 5.69 Å². The molecule has 6 rings (SSSR count). The Balaban J connectivity index is 1.37. The van der Waals surface area contributed by atoms with Crippen LogP contribution in [0.5, 0.6) is 5.75 Å². The van der Waals surface area contributed by atoms with Crippen LogP contribution in [0, 0.1) is 20.8 Å². The summed E-state index contributed by atoms with van der Waals surface area (Å²) < 4.78 is 39.7. The molecule has 4 aromatic carbocycles. The molecule has 0 fully saturated rings. The summed E-state index contributed by atoms with van der Waals surface area (Å²) in [6.07, 6.45) is 1.57. The number of aliphatic hydroxyl groups excluding tert-OH is 1. The van der Waals surface area contributed by atoms with Crippen LogP contribution in [0.1, 0.15) is 44.8 Å². The molecule has 1 unspecified atom stereocenters. The normalized spacial score (nSPS) is 14.4. The van der Waals surface area contributed by atoms with Crippen LogP contribution in [0.25, 0.3) is 22.5 Å². The second kappa shape index (κ2) is 21.5. The Labute approximate surface area is 348 Å². The van der Waals surface area contributed by atoms with Crippen molar-refractivity contribution in [1.29, 1.82) is 0 Å². The average Bonchev–Trinajstić information content (AvgIpc) is 3.52. The van der Waals surface area contributed by atoms with Gasteiger partial charge < -0.3 is 43.2 Å². The van der Waals surface area contributed by atoms with Gasteiger partial charge in [0.05, 0.1) is 90.4 Å². The number of benzene rings is 4. The highest BCUT2D eigenvalue weighted by atomic mass is 16.6. The van der Waals surface area contributed by atoms with Crippen LogP contribution in [-0.2, 0) is 40.4 Å². The third kappa shape index (κ3) is 10.5. The molecule has 1 N–H and O–H groups in total. The summed E-state index contributed by atoms with van der Waals surface area (Å²) in [5.41, 5.74) is 11.5. The minimum absolute atomic E-state index is 0.00493. The van der Waals surface area contributed by atoms with E-state index in [1.165, 1.54) is 16.7 Å². The Morgan fingerprint density at radius 1 is 0.627 bits per heavy atom. The highest BCUT2D eigenvalue weighted by molar-refractivity contribution is 5.88. The van der Waals surface area contributed by atoms with Crippen molar-refractivity contribution in [3.63, 3.8) is 0 Å². The van der Waals surface area contributed by atoms with Gasteiger partial charge in [0.15, 0.2) is 5.82 Å². The fourth-order valence-electron chi connectivity index (χ4n) is 7.56. The molecular formula is C47H58N4O8. The molecule has 0 spiro atoms. The van der Waals surface area contributed by atoms with E-state index in [0.29, 0.717) is 90.9 Å². The summed E-state index contributed by atoms with van der Waals surface area (Å²) in [7, 11) is 5.75. The van der Waals surface area contributed by atoms with Gasteiger partial charge in [-0.05, 0) is 83.5 Å². The van der Waals surface area contributed by atoms with Crippen molar-refractivity contribution in [2.24, 2.45) is 0 Å². The zero-order valence-electron chi connectivity index (χ0n) is 35.3. The van der Waals surface area contributed by atoms with Gasteiger partial charge in [-0.3, -0.25) is 0 Å². The lowest BCUT2D eigenvalue weighted by Crippen LogP contribution is -2.29. The minimum atomic E-state index is -0.708. The van der Waals surface area contributed by atoms with E-state index in [9.17, 15) is 0 Å². The second-order valence-corrected chi connectivity index (χ2v) is 14.7. The van der Waals surface area contributed by atoms with Crippen LogP contribution in [0.3, 0.4) is 0 Å². The topological polar surface area (TPSA) is 127 Å². The van der Waals surface area contributed by atoms with E-state index < -0.39 is 5.41 Å². The van der Waals surface area contributed by atoms with Crippen LogP contribution in [-0.4, -0.2) is 121 Å². The molecular weight excluding hydrogens is 749 g/mol. The Bertz CT molecular complexity index is 2130. The maximum Gasteiger partial charge on any atom is 0.162 e. The Morgan fingerprint density at radius 2 is 1.25 bits per heavy atom. The van der Waals surface area contributed by atoms with Gasteiger partial charge >= 0.3 is 0 Å². The first kappa shape index (κ1) is 43.8. The molecule has 1 aromatic heterocycles. The molecule has 0 amide bonds. The number of anilines is 1. The molecule has 1 aliphatic rings. The number of rotatable bonds is 24. The van der Waals surface area contributed by atoms with Crippen molar-refractivity contribution < 1.29 is 38.3 Å². The van der Waals surface area contributed by atoms with Gasteiger partial charge in [0.25, 0.3) is 0 Å². The third-order valence-corrected chi connectivity index (χ3v) is 10.4. The molecule has 12 heteroatoms. The quantitative estimate of drug-likeness (QED) is 0.0672. The summed E-state index contributed by atoms with van der Waals surface area (Å²) in [6, 6.07) is 26.7. The number of aliphatic hydroxyl groups is 1. The lowest BCUT2D eigenvalue weighted by atomic mass is 9.66. The van der Waals surface area contributed by atoms with Gasteiger partial charge in [0.1, 0.15) is 24.5 Å². The highest BCUT2D eigenvalue weighted by Gasteiger charge is 2.47. The van der Waals surface area contributed by atoms with Crippen LogP contribution in [0.2, 0.25) is 0 Å². The van der Waals surface area contributed by atoms with Crippen LogP contribution in [0.15, 0.2) is 79.1 Å². The van der Waals surface area contributed by atoms with Crippen molar-refractivity contribution in [3.05, 3.63) is 124 Å². The fraction of sp³-hybridized carbons (Fsp3) is 0.426. The molecule has 1 heterocycles. The number of nitrogens with zero attached hydrogens (tertiary/aromatic N) is 4. The van der Waals surface area contributed by atoms with Gasteiger partial charge in [-0.15, -0.1) is 0 Å². The standard InChI is InChI=1S/C47H58N4O8/c1-33-7-12-40-41-13-9-36(46-49-32-48-35(3)50-46)29-43(41)47(42(40)27-33,38-10-8-37(34(2)28-38)31-58-24-23-56-20-19-54-16-15-52)39-11-14-45(44(30-39)51(4)5)59-26-25-57-22-21-55-18-17-53-6/h7-14,27-30,32,52H,15-26,31H2,1-6H3. The fourth-order valence-corrected chi connectivity index (χ4v) is 7.56. The molecule has 5 aromatic rings. The van der Waals surface area contributed by atoms with Crippen molar-refractivity contribution in [1.82, 2.24) is 15.0 Å². The molecule has 12 nitrogen and oxygen atoms in total. The molecule has 1 aliphatic carbocycles. The molecule has 0 radical (unpaired) electrons. The van der Waals surface area contributed by atoms with Crippen molar-refractivity contribution in [3.8, 4) is 28.3 Å². The van der Waals surface area contributed by atoms with Crippen LogP contribution in [0.4, 0.5) is 5.69 Å². The predicted octanol–water partition coefficient (Wildman–Crippen LogP) is 6.49. The largest absolute Gasteiger partial charge is 0.489 e. The van der Waals surface area contributed by atoms with E-state index in [0.717, 1.165) is 50.4 Å². The lowest BCUT2D eigenvalue weighted by molar-refractivity contribution is 0.00444. The third-order valence-electron chi connectivity index (χ3n) is 10.4. The molecule has 59 heavy (non-hydrogen) atoms. The number of hydrogen-bond donors (Lipinski definition) is 1. The van der Waals surface area contributed by atoms with E-state index >= 15 is 0 Å². The SMILES string of the molecule is COCCOCCOCCOc1ccc(C2(c3ccc(COCCOCCOCCO)c(C)c3)c3cc(C)ccc3-c3ccc(-c4ncnc(C)n4)cc32)cc1N(C)C. The summed E-state index contributed by atoms with van der Waals surface area (Å²) >= 11 is 0. The molecule has 0 saturated heterocycles. The number of ether oxygens (including phenoxy) is 7. The van der Waals surface area contributed by atoms with Gasteiger partial charge in [0, 0.05) is 26.8 Å². The van der Waals surface area contributed by atoms with Crippen LogP contribution < -0.4 is 9.64 Å². The zero-order valence-corrected chi connectivity index (χ0v) is 35.3. The molecule has 0 bridgehead atoms. The number of aryl methyl sites for hydroxylation is 3. The monoisotopic (exact) mass is 806 g/mol. The Morgan fingerprint density at radius 3 is 1.93 bits per heavy atom. The van der Waals surface area contributed by atoms with Gasteiger partial charge in [-0.1, -0.05) is 60.2 Å². The summed E-state index contributed by atoms with van der Waals surface area (Å²) in [4.78, 5) is 15.7. The van der Waals surface area contributed by atoms with E-state index in [2.05, 4.69) is 102 Å². The zero-order chi connectivity index (χ0) is 41.6. The molecule has 0 aliphatic heterocycles. The lowest BCUT2D eigenvalue weighted by Gasteiger charge is -2.35. The molecule has 314 valence electrons. The highest BCUT2D eigenvalue weighted by Crippen LogP contribution is 2.57. The second-order valence-electron chi connectivity index (χ2n) is 14.7. The maximum absolute atomic E-state index is 8.88. The number of fused-ring (bicyclic) bond motifs is 3. The smallest absolute Gasteiger partial charge is 0.162 e. The first-order valence-corrected chi connectivity index (χ1v) is 20.2. The number of methoxy groups -OCH3 is 1. The number of aromatic nitrogens is 3. The number of hydrogen-bond acceptors (Lipinski definition) is 12. The summed E-state index contributed by atoms with van der Waals surface area (Å²) in [5, 5.41) is 8.88. The van der Waals surface area contributed by atoms with E-state index in [1.54, 1.807) is 13.4 Å². The first-order chi connectivity index (χ1) is 28.8. The van der Waals surface area contributed by atoms with Gasteiger partial charge in [-0.2, -0.15) is 0 Å².